The predicted molar refractivity (Wildman–Crippen MR) is 175 cm³/mol. The maximum Gasteiger partial charge on any atom is 0.271 e. The Labute approximate surface area is 269 Å². The second kappa shape index (κ2) is 15.0. The summed E-state index contributed by atoms with van der Waals surface area (Å²) in [5, 5.41) is 6.67. The summed E-state index contributed by atoms with van der Waals surface area (Å²) in [7, 11) is 1.42. The zero-order valence-corrected chi connectivity index (χ0v) is 27.2. The van der Waals surface area contributed by atoms with Gasteiger partial charge in [0, 0.05) is 31.7 Å². The van der Waals surface area contributed by atoms with Gasteiger partial charge in [0.15, 0.2) is 17.3 Å². The van der Waals surface area contributed by atoms with Crippen LogP contribution in [0.3, 0.4) is 0 Å². The number of likely N-dealkylation sites (tertiary alicyclic amines) is 1. The molecule has 5 rings (SSSR count). The van der Waals surface area contributed by atoms with Gasteiger partial charge >= 0.3 is 0 Å². The number of nitrogens with one attached hydrogen (secondary N) is 2. The number of carbonyl (C=O) groups is 1. The molecule has 1 saturated carbocycles. The Morgan fingerprint density at radius 3 is 2.48 bits per heavy atom. The van der Waals surface area contributed by atoms with E-state index in [1.807, 2.05) is 20.8 Å². The Balaban J connectivity index is 1.09. The number of nitrogens with zero attached hydrogens (tertiary/aromatic N) is 4. The molecule has 2 heterocycles. The van der Waals surface area contributed by atoms with E-state index in [4.69, 9.17) is 9.47 Å². The number of amides is 1. The van der Waals surface area contributed by atoms with Crippen LogP contribution >= 0.6 is 0 Å². The third-order valence-corrected chi connectivity index (χ3v) is 9.34. The summed E-state index contributed by atoms with van der Waals surface area (Å²) in [6, 6.07) is 4.11. The van der Waals surface area contributed by atoms with Gasteiger partial charge < -0.3 is 29.9 Å². The molecule has 0 radical (unpaired) electrons. The van der Waals surface area contributed by atoms with E-state index >= 15 is 0 Å². The average molecular weight is 637 g/mol. The molecule has 1 amide bonds. The Morgan fingerprint density at radius 1 is 1.07 bits per heavy atom. The quantitative estimate of drug-likeness (QED) is 0.256. The van der Waals surface area contributed by atoms with Crippen molar-refractivity contribution in [3.05, 3.63) is 62.6 Å². The van der Waals surface area contributed by atoms with E-state index in [-0.39, 0.29) is 35.1 Å². The first-order valence-electron chi connectivity index (χ1n) is 16.4. The minimum Gasteiger partial charge on any atom is -0.491 e. The van der Waals surface area contributed by atoms with Gasteiger partial charge in [-0.2, -0.15) is 0 Å². The van der Waals surface area contributed by atoms with E-state index in [1.54, 1.807) is 11.1 Å². The van der Waals surface area contributed by atoms with Crippen LogP contribution in [0.5, 0.6) is 17.2 Å². The Morgan fingerprint density at radius 2 is 1.80 bits per heavy atom. The zero-order chi connectivity index (χ0) is 32.8. The number of halogens is 1. The molecule has 46 heavy (non-hydrogen) atoms. The van der Waals surface area contributed by atoms with E-state index in [1.165, 1.54) is 31.6 Å². The topological polar surface area (TPSA) is 126 Å². The van der Waals surface area contributed by atoms with Crippen molar-refractivity contribution in [2.24, 2.45) is 11.8 Å². The summed E-state index contributed by atoms with van der Waals surface area (Å²) in [6.07, 6.45) is 9.24. The highest BCUT2D eigenvalue weighted by Crippen LogP contribution is 2.33. The highest BCUT2D eigenvalue weighted by molar-refractivity contribution is 5.97. The summed E-state index contributed by atoms with van der Waals surface area (Å²) in [4.78, 5) is 49.5. The van der Waals surface area contributed by atoms with Crippen LogP contribution in [0.1, 0.15) is 69.7 Å². The molecule has 12 heteroatoms. The molecule has 3 aromatic rings. The minimum atomic E-state index is -0.541. The van der Waals surface area contributed by atoms with Crippen LogP contribution in [0.15, 0.2) is 40.3 Å². The first kappa shape index (κ1) is 33.3. The van der Waals surface area contributed by atoms with Crippen LogP contribution in [-0.2, 0) is 0 Å². The number of rotatable bonds is 13. The number of ether oxygens (including phenoxy) is 2. The van der Waals surface area contributed by atoms with Gasteiger partial charge in [0.1, 0.15) is 23.6 Å². The lowest BCUT2D eigenvalue weighted by molar-refractivity contribution is 0.0713. The second-order valence-corrected chi connectivity index (χ2v) is 12.7. The van der Waals surface area contributed by atoms with E-state index in [0.717, 1.165) is 64.7 Å². The number of aromatic nitrogens is 2. The van der Waals surface area contributed by atoms with Crippen molar-refractivity contribution in [1.82, 2.24) is 19.8 Å². The SMILES string of the molecule is CCN(C(=O)c1cc(F)ccc1Oc1cncnc1NCC1CCN(C[C@H]2CC[C@H](Nc3c(OC)c(=O)c3=O)CC2)CC1)C(C)C. The Hall–Kier alpha value is -4.06. The molecule has 2 N–H and O–H groups in total. The molecule has 1 aliphatic heterocycles. The highest BCUT2D eigenvalue weighted by Gasteiger charge is 2.29. The van der Waals surface area contributed by atoms with Gasteiger partial charge in [-0.3, -0.25) is 14.4 Å². The number of hydrogen-bond acceptors (Lipinski definition) is 10. The lowest BCUT2D eigenvalue weighted by Gasteiger charge is -2.37. The van der Waals surface area contributed by atoms with Crippen LogP contribution in [-0.4, -0.2) is 77.6 Å². The third kappa shape index (κ3) is 7.66. The van der Waals surface area contributed by atoms with Crippen molar-refractivity contribution in [2.45, 2.75) is 71.4 Å². The monoisotopic (exact) mass is 636 g/mol. The molecule has 2 aliphatic rings. The van der Waals surface area contributed by atoms with Crippen LogP contribution in [0.25, 0.3) is 0 Å². The van der Waals surface area contributed by atoms with Crippen molar-refractivity contribution in [1.29, 1.82) is 0 Å². The van der Waals surface area contributed by atoms with Gasteiger partial charge in [0.2, 0.25) is 0 Å². The second-order valence-electron chi connectivity index (χ2n) is 12.7. The molecule has 2 aromatic carbocycles. The fourth-order valence-electron chi connectivity index (χ4n) is 6.67. The third-order valence-electron chi connectivity index (χ3n) is 9.34. The number of benzene rings is 1. The van der Waals surface area contributed by atoms with Gasteiger partial charge in [0.25, 0.3) is 16.8 Å². The van der Waals surface area contributed by atoms with Gasteiger partial charge in [-0.25, -0.2) is 14.4 Å². The number of anilines is 2. The molecule has 1 aliphatic carbocycles. The largest absolute Gasteiger partial charge is 0.491 e. The maximum absolute atomic E-state index is 14.2. The number of carbonyl (C=O) groups excluding carboxylic acids is 1. The van der Waals surface area contributed by atoms with E-state index in [2.05, 4.69) is 25.5 Å². The van der Waals surface area contributed by atoms with Crippen molar-refractivity contribution in [2.75, 3.05) is 50.5 Å². The van der Waals surface area contributed by atoms with Crippen LogP contribution in [0.2, 0.25) is 0 Å². The molecule has 2 fully saturated rings. The van der Waals surface area contributed by atoms with Crippen LogP contribution < -0.4 is 31.0 Å². The van der Waals surface area contributed by atoms with E-state index < -0.39 is 16.7 Å². The summed E-state index contributed by atoms with van der Waals surface area (Å²) >= 11 is 0. The normalized spacial score (nSPS) is 19.3. The van der Waals surface area contributed by atoms with Gasteiger partial charge in [-0.1, -0.05) is 0 Å². The number of hydrogen-bond donors (Lipinski definition) is 2. The first-order chi connectivity index (χ1) is 22.2. The lowest BCUT2D eigenvalue weighted by atomic mass is 9.85. The molecular weight excluding hydrogens is 591 g/mol. The molecule has 0 spiro atoms. The number of methoxy groups -OCH3 is 1. The van der Waals surface area contributed by atoms with Gasteiger partial charge in [-0.15, -0.1) is 0 Å². The maximum atomic E-state index is 14.2. The van der Waals surface area contributed by atoms with Crippen molar-refractivity contribution < 1.29 is 18.7 Å². The molecule has 1 saturated heterocycles. The molecule has 0 unspecified atom stereocenters. The average Bonchev–Trinajstić information content (AvgIpc) is 3.06. The van der Waals surface area contributed by atoms with Crippen LogP contribution in [0, 0.1) is 17.7 Å². The summed E-state index contributed by atoms with van der Waals surface area (Å²) in [5.74, 6) is 1.61. The zero-order valence-electron chi connectivity index (χ0n) is 27.2. The predicted octanol–water partition coefficient (Wildman–Crippen LogP) is 4.68. The van der Waals surface area contributed by atoms with Crippen LogP contribution in [0.4, 0.5) is 15.9 Å². The molecule has 248 valence electrons. The van der Waals surface area contributed by atoms with Gasteiger partial charge in [-0.05, 0) is 102 Å². The van der Waals surface area contributed by atoms with Crippen molar-refractivity contribution in [3.8, 4) is 17.2 Å². The Kier molecular flexibility index (Phi) is 10.9. The molecule has 11 nitrogen and oxygen atoms in total. The summed E-state index contributed by atoms with van der Waals surface area (Å²) in [5.41, 5.74) is -0.517. The molecule has 0 bridgehead atoms. The fourth-order valence-corrected chi connectivity index (χ4v) is 6.67. The van der Waals surface area contributed by atoms with Crippen molar-refractivity contribution in [3.63, 3.8) is 0 Å². The van der Waals surface area contributed by atoms with E-state index in [0.29, 0.717) is 35.6 Å². The molecule has 1 aromatic heterocycles. The van der Waals surface area contributed by atoms with E-state index in [9.17, 15) is 18.8 Å². The first-order valence-corrected chi connectivity index (χ1v) is 16.4. The molecule has 0 atom stereocenters. The molecular formula is C34H45FN6O5. The number of piperidine rings is 1. The standard InChI is InChI=1S/C34H45FN6O5/c1-5-41(21(2)3)34(44)26-16-24(35)8-11-27(26)46-28-18-36-20-38-33(28)37-17-22-12-14-40(15-13-22)19-23-6-9-25(10-7-23)39-29-30(42)31(43)32(29)45-4/h8,11,16,18,20-23,25,39H,5-7,9-10,12-15,17,19H2,1-4H3,(H,36,37,38)/t23-,25-. The van der Waals surface area contributed by atoms with Crippen molar-refractivity contribution >= 4 is 17.4 Å². The fraction of sp³-hybridized carbons (Fsp3) is 0.559. The minimum absolute atomic E-state index is 0.0449. The highest BCUT2D eigenvalue weighted by atomic mass is 19.1. The summed E-state index contributed by atoms with van der Waals surface area (Å²) in [6.45, 7) is 10.1. The smallest absolute Gasteiger partial charge is 0.271 e. The summed E-state index contributed by atoms with van der Waals surface area (Å²) < 4.78 is 25.4. The lowest BCUT2D eigenvalue weighted by Crippen LogP contribution is -2.41. The van der Waals surface area contributed by atoms with Gasteiger partial charge in [0.05, 0.1) is 18.9 Å². The Bertz CT molecular complexity index is 1560.